The fourth-order valence-electron chi connectivity index (χ4n) is 1.92. The number of unbranched alkanes of at least 4 members (excludes halogenated alkanes) is 3. The predicted molar refractivity (Wildman–Crippen MR) is 85.5 cm³/mol. The van der Waals surface area contributed by atoms with Crippen LogP contribution in [0.2, 0.25) is 0 Å². The zero-order chi connectivity index (χ0) is 14.7. The summed E-state index contributed by atoms with van der Waals surface area (Å²) in [6, 6.07) is 10.5. The second kappa shape index (κ2) is 10.2. The van der Waals surface area contributed by atoms with Gasteiger partial charge in [0.2, 0.25) is 0 Å². The standard InChI is InChI=1S/C14H23NO3S2/c16-20(17,18)19-13-12-15-11-7-2-1-4-8-14-9-5-3-6-10-14/h3,5-6,9-10,15H,1-2,4,7-8,11-13H2,(H,16,17,18). The second-order valence-electron chi connectivity index (χ2n) is 4.65. The molecule has 0 bridgehead atoms. The first-order valence-corrected chi connectivity index (χ1v) is 9.89. The van der Waals surface area contributed by atoms with Crippen molar-refractivity contribution < 1.29 is 13.0 Å². The Kier molecular flexibility index (Phi) is 8.93. The van der Waals surface area contributed by atoms with Crippen molar-refractivity contribution in [3.8, 4) is 0 Å². The maximum atomic E-state index is 10.4. The van der Waals surface area contributed by atoms with Crippen LogP contribution in [0.1, 0.15) is 31.2 Å². The van der Waals surface area contributed by atoms with Crippen molar-refractivity contribution in [3.63, 3.8) is 0 Å². The Morgan fingerprint density at radius 1 is 1.00 bits per heavy atom. The first kappa shape index (κ1) is 17.5. The Hall–Kier alpha value is -0.560. The maximum Gasteiger partial charge on any atom is 0.319 e. The third-order valence-corrected chi connectivity index (χ3v) is 4.99. The highest BCUT2D eigenvalue weighted by molar-refractivity contribution is 8.69. The smallest absolute Gasteiger partial charge is 0.316 e. The van der Waals surface area contributed by atoms with Crippen molar-refractivity contribution in [2.75, 3.05) is 18.8 Å². The molecule has 1 aromatic rings. The van der Waals surface area contributed by atoms with Crippen LogP contribution in [-0.2, 0) is 15.6 Å². The number of aryl methyl sites for hydroxylation is 1. The van der Waals surface area contributed by atoms with Crippen molar-refractivity contribution in [2.45, 2.75) is 32.1 Å². The van der Waals surface area contributed by atoms with Gasteiger partial charge in [-0.2, -0.15) is 8.42 Å². The van der Waals surface area contributed by atoms with E-state index in [0.717, 1.165) is 19.4 Å². The summed E-state index contributed by atoms with van der Waals surface area (Å²) < 4.78 is 29.4. The van der Waals surface area contributed by atoms with Gasteiger partial charge in [0.1, 0.15) is 0 Å². The molecule has 1 rings (SSSR count). The third-order valence-electron chi connectivity index (χ3n) is 2.92. The van der Waals surface area contributed by atoms with Crippen LogP contribution < -0.4 is 5.32 Å². The molecule has 0 fully saturated rings. The molecule has 0 aliphatic rings. The molecule has 0 heterocycles. The van der Waals surface area contributed by atoms with E-state index in [4.69, 9.17) is 4.55 Å². The lowest BCUT2D eigenvalue weighted by Gasteiger charge is -2.04. The molecule has 0 saturated carbocycles. The number of rotatable bonds is 11. The molecule has 0 spiro atoms. The van der Waals surface area contributed by atoms with Crippen LogP contribution in [0.5, 0.6) is 0 Å². The maximum absolute atomic E-state index is 10.4. The normalized spacial score (nSPS) is 11.7. The molecule has 0 atom stereocenters. The Labute approximate surface area is 125 Å². The number of nitrogens with one attached hydrogen (secondary N) is 1. The van der Waals surface area contributed by atoms with E-state index in [2.05, 4.69) is 29.6 Å². The van der Waals surface area contributed by atoms with Gasteiger partial charge < -0.3 is 5.32 Å². The number of hydrogen-bond donors (Lipinski definition) is 2. The van der Waals surface area contributed by atoms with Gasteiger partial charge in [0, 0.05) is 12.3 Å². The van der Waals surface area contributed by atoms with Crippen LogP contribution in [0.3, 0.4) is 0 Å². The fraction of sp³-hybridized carbons (Fsp3) is 0.571. The summed E-state index contributed by atoms with van der Waals surface area (Å²) in [5, 5.41) is 3.17. The molecule has 1 aromatic carbocycles. The van der Waals surface area contributed by atoms with Gasteiger partial charge in [-0.25, -0.2) is 0 Å². The van der Waals surface area contributed by atoms with Crippen molar-refractivity contribution in [3.05, 3.63) is 35.9 Å². The quantitative estimate of drug-likeness (QED) is 0.373. The fourth-order valence-corrected chi connectivity index (χ4v) is 3.24. The molecule has 0 saturated heterocycles. The Bertz CT molecular complexity index is 449. The van der Waals surface area contributed by atoms with Crippen LogP contribution in [-0.4, -0.2) is 31.8 Å². The lowest BCUT2D eigenvalue weighted by atomic mass is 10.1. The lowest BCUT2D eigenvalue weighted by Crippen LogP contribution is -2.18. The van der Waals surface area contributed by atoms with E-state index in [1.54, 1.807) is 0 Å². The predicted octanol–water partition coefficient (Wildman–Crippen LogP) is 2.92. The van der Waals surface area contributed by atoms with Gasteiger partial charge in [0.15, 0.2) is 0 Å². The van der Waals surface area contributed by atoms with Gasteiger partial charge in [-0.05, 0) is 42.2 Å². The SMILES string of the molecule is O=S(=O)(O)SCCNCCCCCCc1ccccc1. The summed E-state index contributed by atoms with van der Waals surface area (Å²) in [6.45, 7) is 1.51. The van der Waals surface area contributed by atoms with Crippen LogP contribution >= 0.6 is 10.8 Å². The van der Waals surface area contributed by atoms with Gasteiger partial charge in [0.25, 0.3) is 0 Å². The van der Waals surface area contributed by atoms with Crippen LogP contribution in [0.15, 0.2) is 30.3 Å². The van der Waals surface area contributed by atoms with Crippen LogP contribution in [0, 0.1) is 0 Å². The second-order valence-corrected chi connectivity index (χ2v) is 8.12. The zero-order valence-electron chi connectivity index (χ0n) is 11.6. The summed E-state index contributed by atoms with van der Waals surface area (Å²) >= 11 is 0. The van der Waals surface area contributed by atoms with Crippen molar-refractivity contribution >= 4 is 19.9 Å². The van der Waals surface area contributed by atoms with E-state index < -0.39 is 9.15 Å². The minimum atomic E-state index is -3.88. The molecule has 0 radical (unpaired) electrons. The molecule has 2 N–H and O–H groups in total. The van der Waals surface area contributed by atoms with E-state index >= 15 is 0 Å². The molecule has 4 nitrogen and oxygen atoms in total. The van der Waals surface area contributed by atoms with Crippen LogP contribution in [0.4, 0.5) is 0 Å². The summed E-state index contributed by atoms with van der Waals surface area (Å²) in [5.74, 6) is 0.382. The molecule has 0 amide bonds. The monoisotopic (exact) mass is 317 g/mol. The van der Waals surface area contributed by atoms with Gasteiger partial charge in [-0.1, -0.05) is 43.2 Å². The highest BCUT2D eigenvalue weighted by Crippen LogP contribution is 2.08. The number of benzene rings is 1. The molecular weight excluding hydrogens is 294 g/mol. The van der Waals surface area contributed by atoms with Crippen molar-refractivity contribution in [1.82, 2.24) is 5.32 Å². The minimum absolute atomic E-state index is 0.382. The largest absolute Gasteiger partial charge is 0.319 e. The zero-order valence-corrected chi connectivity index (χ0v) is 13.3. The third kappa shape index (κ3) is 10.3. The highest BCUT2D eigenvalue weighted by Gasteiger charge is 2.03. The van der Waals surface area contributed by atoms with Crippen LogP contribution in [0.25, 0.3) is 0 Å². The van der Waals surface area contributed by atoms with E-state index in [-0.39, 0.29) is 0 Å². The highest BCUT2D eigenvalue weighted by atomic mass is 33.1. The van der Waals surface area contributed by atoms with Gasteiger partial charge in [-0.3, -0.25) is 4.55 Å². The lowest BCUT2D eigenvalue weighted by molar-refractivity contribution is 0.503. The van der Waals surface area contributed by atoms with Gasteiger partial charge in [-0.15, -0.1) is 0 Å². The molecule has 0 aliphatic heterocycles. The molecule has 0 aromatic heterocycles. The molecule has 114 valence electrons. The molecule has 0 unspecified atom stereocenters. The minimum Gasteiger partial charge on any atom is -0.316 e. The number of hydrogen-bond acceptors (Lipinski definition) is 4. The molecule has 6 heteroatoms. The molecule has 0 aliphatic carbocycles. The summed E-state index contributed by atoms with van der Waals surface area (Å²) in [4.78, 5) is 0. The first-order valence-electron chi connectivity index (χ1n) is 6.94. The van der Waals surface area contributed by atoms with E-state index in [0.29, 0.717) is 23.1 Å². The molecular formula is C14H23NO3S2. The van der Waals surface area contributed by atoms with Gasteiger partial charge in [0.05, 0.1) is 0 Å². The average Bonchev–Trinajstić information content (AvgIpc) is 2.41. The van der Waals surface area contributed by atoms with Crippen molar-refractivity contribution in [1.29, 1.82) is 0 Å². The Balaban J connectivity index is 1.86. The average molecular weight is 317 g/mol. The van der Waals surface area contributed by atoms with E-state index in [1.165, 1.54) is 24.8 Å². The van der Waals surface area contributed by atoms with Crippen molar-refractivity contribution in [2.24, 2.45) is 0 Å². The van der Waals surface area contributed by atoms with E-state index in [9.17, 15) is 8.42 Å². The van der Waals surface area contributed by atoms with E-state index in [1.807, 2.05) is 6.07 Å². The summed E-state index contributed by atoms with van der Waals surface area (Å²) in [6.07, 6.45) is 5.86. The summed E-state index contributed by atoms with van der Waals surface area (Å²) in [7, 11) is -3.31. The topological polar surface area (TPSA) is 66.4 Å². The first-order chi connectivity index (χ1) is 9.58. The Morgan fingerprint density at radius 3 is 2.40 bits per heavy atom. The Morgan fingerprint density at radius 2 is 1.70 bits per heavy atom. The summed E-state index contributed by atoms with van der Waals surface area (Å²) in [5.41, 5.74) is 1.40. The van der Waals surface area contributed by atoms with Gasteiger partial charge >= 0.3 is 9.15 Å². The molecule has 20 heavy (non-hydrogen) atoms.